The highest BCUT2D eigenvalue weighted by Crippen LogP contribution is 2.24. The third-order valence-electron chi connectivity index (χ3n) is 5.58. The fraction of sp³-hybridized carbons (Fsp3) is 0.375. The molecule has 0 unspecified atom stereocenters. The molecule has 30 heavy (non-hydrogen) atoms. The van der Waals surface area contributed by atoms with Crippen molar-refractivity contribution in [2.24, 2.45) is 0 Å². The van der Waals surface area contributed by atoms with Crippen molar-refractivity contribution in [2.75, 3.05) is 31.1 Å². The molecule has 2 heterocycles. The van der Waals surface area contributed by atoms with Crippen molar-refractivity contribution >= 4 is 11.6 Å². The predicted molar refractivity (Wildman–Crippen MR) is 118 cm³/mol. The van der Waals surface area contributed by atoms with E-state index in [9.17, 15) is 4.79 Å². The Balaban J connectivity index is 1.37. The van der Waals surface area contributed by atoms with E-state index in [0.717, 1.165) is 29.9 Å². The SMILES string of the molecule is Cc1nc(-c2ccc(N3CCN(C(=O)c4ccc(C(C)(C)C)cc4)CC3)cc2)no1. The first-order chi connectivity index (χ1) is 14.3. The van der Waals surface area contributed by atoms with Crippen LogP contribution in [0.5, 0.6) is 0 Å². The third-order valence-corrected chi connectivity index (χ3v) is 5.58. The topological polar surface area (TPSA) is 62.5 Å². The molecule has 3 aromatic rings. The lowest BCUT2D eigenvalue weighted by molar-refractivity contribution is 0.0746. The number of hydrogen-bond acceptors (Lipinski definition) is 5. The summed E-state index contributed by atoms with van der Waals surface area (Å²) >= 11 is 0. The number of nitrogens with zero attached hydrogens (tertiary/aromatic N) is 4. The van der Waals surface area contributed by atoms with E-state index in [4.69, 9.17) is 4.52 Å². The summed E-state index contributed by atoms with van der Waals surface area (Å²) in [6, 6.07) is 16.2. The number of aryl methyl sites for hydroxylation is 1. The van der Waals surface area contributed by atoms with Crippen LogP contribution in [0.3, 0.4) is 0 Å². The van der Waals surface area contributed by atoms with Crippen LogP contribution in [0.25, 0.3) is 11.4 Å². The Hall–Kier alpha value is -3.15. The second-order valence-corrected chi connectivity index (χ2v) is 8.79. The van der Waals surface area contributed by atoms with Crippen LogP contribution in [0.4, 0.5) is 5.69 Å². The van der Waals surface area contributed by atoms with Gasteiger partial charge >= 0.3 is 0 Å². The first kappa shape index (κ1) is 20.1. The summed E-state index contributed by atoms with van der Waals surface area (Å²) in [5.41, 5.74) is 4.16. The molecule has 0 atom stereocenters. The quantitative estimate of drug-likeness (QED) is 0.651. The number of anilines is 1. The van der Waals surface area contributed by atoms with E-state index in [1.165, 1.54) is 5.56 Å². The summed E-state index contributed by atoms with van der Waals surface area (Å²) in [6.07, 6.45) is 0. The molecule has 6 nitrogen and oxygen atoms in total. The van der Waals surface area contributed by atoms with Crippen LogP contribution in [-0.2, 0) is 5.41 Å². The second kappa shape index (κ2) is 7.94. The van der Waals surface area contributed by atoms with Crippen molar-refractivity contribution in [3.8, 4) is 11.4 Å². The number of carbonyl (C=O) groups excluding carboxylic acids is 1. The minimum absolute atomic E-state index is 0.0886. The fourth-order valence-electron chi connectivity index (χ4n) is 3.70. The summed E-state index contributed by atoms with van der Waals surface area (Å²) in [7, 11) is 0. The first-order valence-corrected chi connectivity index (χ1v) is 10.4. The van der Waals surface area contributed by atoms with Crippen LogP contribution in [0.2, 0.25) is 0 Å². The van der Waals surface area contributed by atoms with Crippen LogP contribution in [0.1, 0.15) is 42.6 Å². The molecule has 2 aromatic carbocycles. The van der Waals surface area contributed by atoms with E-state index in [1.54, 1.807) is 6.92 Å². The molecule has 0 aliphatic carbocycles. The van der Waals surface area contributed by atoms with Crippen LogP contribution in [0, 0.1) is 6.92 Å². The van der Waals surface area contributed by atoms with Gasteiger partial charge in [0.2, 0.25) is 11.7 Å². The van der Waals surface area contributed by atoms with Gasteiger partial charge in [-0.25, -0.2) is 0 Å². The lowest BCUT2D eigenvalue weighted by atomic mass is 9.86. The van der Waals surface area contributed by atoms with Crippen molar-refractivity contribution < 1.29 is 9.32 Å². The maximum absolute atomic E-state index is 12.9. The maximum Gasteiger partial charge on any atom is 0.253 e. The Morgan fingerprint density at radius 2 is 1.57 bits per heavy atom. The summed E-state index contributed by atoms with van der Waals surface area (Å²) < 4.78 is 5.05. The molecule has 0 bridgehead atoms. The molecule has 0 N–H and O–H groups in total. The van der Waals surface area contributed by atoms with Gasteiger partial charge in [0.1, 0.15) is 0 Å². The number of aromatic nitrogens is 2. The van der Waals surface area contributed by atoms with Crippen molar-refractivity contribution in [1.82, 2.24) is 15.0 Å². The van der Waals surface area contributed by atoms with Gasteiger partial charge in [-0.3, -0.25) is 4.79 Å². The van der Waals surface area contributed by atoms with E-state index >= 15 is 0 Å². The first-order valence-electron chi connectivity index (χ1n) is 10.4. The predicted octanol–water partition coefficient (Wildman–Crippen LogP) is 4.30. The van der Waals surface area contributed by atoms with Crippen LogP contribution in [-0.4, -0.2) is 47.1 Å². The number of piperazine rings is 1. The average Bonchev–Trinajstić information content (AvgIpc) is 3.19. The standard InChI is InChI=1S/C24H28N4O2/c1-17-25-22(26-30-17)18-7-11-21(12-8-18)27-13-15-28(16-14-27)23(29)19-5-9-20(10-6-19)24(2,3)4/h5-12H,13-16H2,1-4H3. The average molecular weight is 405 g/mol. The van der Waals surface area contributed by atoms with Gasteiger partial charge < -0.3 is 14.3 Å². The zero-order valence-corrected chi connectivity index (χ0v) is 18.1. The lowest BCUT2D eigenvalue weighted by Crippen LogP contribution is -2.48. The lowest BCUT2D eigenvalue weighted by Gasteiger charge is -2.36. The Labute approximate surface area is 177 Å². The molecule has 156 valence electrons. The molecule has 1 amide bonds. The molecule has 4 rings (SSSR count). The molecule has 1 aromatic heterocycles. The Morgan fingerprint density at radius 3 is 2.10 bits per heavy atom. The number of amides is 1. The summed E-state index contributed by atoms with van der Waals surface area (Å²) in [5.74, 6) is 1.27. The van der Waals surface area contributed by atoms with Gasteiger partial charge in [-0.15, -0.1) is 0 Å². The molecular formula is C24H28N4O2. The van der Waals surface area contributed by atoms with Gasteiger partial charge in [0.25, 0.3) is 5.91 Å². The molecule has 1 fully saturated rings. The van der Waals surface area contributed by atoms with Crippen LogP contribution >= 0.6 is 0 Å². The number of carbonyl (C=O) groups is 1. The molecule has 1 saturated heterocycles. The normalized spacial score (nSPS) is 14.8. The monoisotopic (exact) mass is 404 g/mol. The summed E-state index contributed by atoms with van der Waals surface area (Å²) in [4.78, 5) is 21.4. The molecule has 6 heteroatoms. The van der Waals surface area contributed by atoms with Crippen LogP contribution < -0.4 is 4.90 Å². The molecule has 1 aliphatic rings. The molecule has 0 radical (unpaired) electrons. The zero-order chi connectivity index (χ0) is 21.3. The highest BCUT2D eigenvalue weighted by molar-refractivity contribution is 5.94. The minimum Gasteiger partial charge on any atom is -0.368 e. The number of rotatable bonds is 3. The Bertz CT molecular complexity index is 1010. The highest BCUT2D eigenvalue weighted by Gasteiger charge is 2.23. The van der Waals surface area contributed by atoms with Crippen molar-refractivity contribution in [3.05, 3.63) is 65.5 Å². The fourth-order valence-corrected chi connectivity index (χ4v) is 3.70. The van der Waals surface area contributed by atoms with Gasteiger partial charge in [0.15, 0.2) is 0 Å². The van der Waals surface area contributed by atoms with Crippen molar-refractivity contribution in [1.29, 1.82) is 0 Å². The van der Waals surface area contributed by atoms with Crippen LogP contribution in [0.15, 0.2) is 53.1 Å². The molecular weight excluding hydrogens is 376 g/mol. The van der Waals surface area contributed by atoms with Gasteiger partial charge in [-0.05, 0) is 47.4 Å². The zero-order valence-electron chi connectivity index (χ0n) is 18.1. The van der Waals surface area contributed by atoms with Gasteiger partial charge in [-0.1, -0.05) is 38.1 Å². The largest absolute Gasteiger partial charge is 0.368 e. The van der Waals surface area contributed by atoms with E-state index in [-0.39, 0.29) is 11.3 Å². The number of hydrogen-bond donors (Lipinski definition) is 0. The molecule has 0 saturated carbocycles. The molecule has 1 aliphatic heterocycles. The van der Waals surface area contributed by atoms with Gasteiger partial charge in [0.05, 0.1) is 0 Å². The Kier molecular flexibility index (Phi) is 5.33. The van der Waals surface area contributed by atoms with Gasteiger partial charge in [0, 0.05) is 49.9 Å². The van der Waals surface area contributed by atoms with E-state index < -0.39 is 0 Å². The second-order valence-electron chi connectivity index (χ2n) is 8.79. The van der Waals surface area contributed by atoms with Crippen molar-refractivity contribution in [2.45, 2.75) is 33.1 Å². The Morgan fingerprint density at radius 1 is 0.933 bits per heavy atom. The van der Waals surface area contributed by atoms with E-state index in [1.807, 2.05) is 29.2 Å². The van der Waals surface area contributed by atoms with Gasteiger partial charge in [-0.2, -0.15) is 4.98 Å². The smallest absolute Gasteiger partial charge is 0.253 e. The number of benzene rings is 2. The van der Waals surface area contributed by atoms with E-state index in [0.29, 0.717) is 24.8 Å². The van der Waals surface area contributed by atoms with E-state index in [2.05, 4.69) is 60.1 Å². The third kappa shape index (κ3) is 4.22. The summed E-state index contributed by atoms with van der Waals surface area (Å²) in [5, 5.41) is 3.96. The maximum atomic E-state index is 12.9. The minimum atomic E-state index is 0.0886. The van der Waals surface area contributed by atoms with Crippen molar-refractivity contribution in [3.63, 3.8) is 0 Å². The summed E-state index contributed by atoms with van der Waals surface area (Å²) in [6.45, 7) is 11.4. The highest BCUT2D eigenvalue weighted by atomic mass is 16.5. The molecule has 0 spiro atoms.